The molecule has 1 aromatic carbocycles. The molecule has 0 saturated heterocycles. The van der Waals surface area contributed by atoms with Gasteiger partial charge in [0.1, 0.15) is 11.6 Å². The molecule has 0 amide bonds. The van der Waals surface area contributed by atoms with Crippen LogP contribution in [0.5, 0.6) is 5.75 Å². The number of hydrogen-bond donors (Lipinski definition) is 2. The lowest BCUT2D eigenvalue weighted by molar-refractivity contribution is 0.475. The molecule has 0 aliphatic heterocycles. The Bertz CT molecular complexity index is 500. The SMILES string of the molecule is Nc1ccc(Cl)c(-c2cccc(O)c2)n1. The molecule has 0 bridgehead atoms. The molecule has 0 fully saturated rings. The summed E-state index contributed by atoms with van der Waals surface area (Å²) in [5.74, 6) is 0.575. The van der Waals surface area contributed by atoms with Gasteiger partial charge in [0.15, 0.2) is 0 Å². The standard InChI is InChI=1S/C11H9ClN2O/c12-9-4-5-10(13)14-11(9)7-2-1-3-8(15)6-7/h1-6,15H,(H2,13,14). The fraction of sp³-hybridized carbons (Fsp3) is 0. The Kier molecular flexibility index (Phi) is 2.47. The molecule has 3 nitrogen and oxygen atoms in total. The highest BCUT2D eigenvalue weighted by molar-refractivity contribution is 6.33. The van der Waals surface area contributed by atoms with Gasteiger partial charge in [0, 0.05) is 5.56 Å². The zero-order valence-corrected chi connectivity index (χ0v) is 8.57. The lowest BCUT2D eigenvalue weighted by Gasteiger charge is -2.04. The summed E-state index contributed by atoms with van der Waals surface area (Å²) in [5.41, 5.74) is 6.89. The highest BCUT2D eigenvalue weighted by atomic mass is 35.5. The Morgan fingerprint density at radius 2 is 2.00 bits per heavy atom. The van der Waals surface area contributed by atoms with Crippen LogP contribution in [0.25, 0.3) is 11.3 Å². The van der Waals surface area contributed by atoms with Gasteiger partial charge in [-0.25, -0.2) is 4.98 Å². The summed E-state index contributed by atoms with van der Waals surface area (Å²) in [5, 5.41) is 9.84. The van der Waals surface area contributed by atoms with Crippen molar-refractivity contribution in [2.24, 2.45) is 0 Å². The number of aromatic hydroxyl groups is 1. The summed E-state index contributed by atoms with van der Waals surface area (Å²) < 4.78 is 0. The van der Waals surface area contributed by atoms with E-state index in [-0.39, 0.29) is 5.75 Å². The van der Waals surface area contributed by atoms with E-state index < -0.39 is 0 Å². The van der Waals surface area contributed by atoms with E-state index in [4.69, 9.17) is 17.3 Å². The molecule has 0 saturated carbocycles. The first kappa shape index (κ1) is 9.80. The monoisotopic (exact) mass is 220 g/mol. The molecular formula is C11H9ClN2O. The molecule has 0 unspecified atom stereocenters. The zero-order chi connectivity index (χ0) is 10.8. The molecule has 0 spiro atoms. The summed E-state index contributed by atoms with van der Waals surface area (Å²) in [6, 6.07) is 10.0. The number of rotatable bonds is 1. The van der Waals surface area contributed by atoms with Gasteiger partial charge < -0.3 is 10.8 Å². The van der Waals surface area contributed by atoms with Crippen molar-refractivity contribution in [3.63, 3.8) is 0 Å². The smallest absolute Gasteiger partial charge is 0.124 e. The maximum absolute atomic E-state index is 9.33. The molecule has 3 N–H and O–H groups in total. The Morgan fingerprint density at radius 1 is 1.20 bits per heavy atom. The zero-order valence-electron chi connectivity index (χ0n) is 7.81. The first-order valence-corrected chi connectivity index (χ1v) is 4.76. The average molecular weight is 221 g/mol. The van der Waals surface area contributed by atoms with Crippen LogP contribution in [0.15, 0.2) is 36.4 Å². The lowest BCUT2D eigenvalue weighted by atomic mass is 10.1. The highest BCUT2D eigenvalue weighted by Crippen LogP contribution is 2.28. The van der Waals surface area contributed by atoms with E-state index >= 15 is 0 Å². The van der Waals surface area contributed by atoms with E-state index in [9.17, 15) is 5.11 Å². The summed E-state index contributed by atoms with van der Waals surface area (Å²) >= 11 is 5.98. The molecule has 76 valence electrons. The third kappa shape index (κ3) is 2.02. The van der Waals surface area contributed by atoms with E-state index in [1.54, 1.807) is 30.3 Å². The van der Waals surface area contributed by atoms with Crippen molar-refractivity contribution in [3.8, 4) is 17.0 Å². The van der Waals surface area contributed by atoms with Crippen LogP contribution in [-0.2, 0) is 0 Å². The van der Waals surface area contributed by atoms with Crippen molar-refractivity contribution in [2.45, 2.75) is 0 Å². The van der Waals surface area contributed by atoms with Crippen LogP contribution in [-0.4, -0.2) is 10.1 Å². The fourth-order valence-corrected chi connectivity index (χ4v) is 1.53. The third-order valence-corrected chi connectivity index (χ3v) is 2.29. The molecule has 15 heavy (non-hydrogen) atoms. The molecule has 0 atom stereocenters. The number of nitrogens with zero attached hydrogens (tertiary/aromatic N) is 1. The van der Waals surface area contributed by atoms with Crippen LogP contribution in [0.1, 0.15) is 0 Å². The second kappa shape index (κ2) is 3.79. The molecule has 2 rings (SSSR count). The molecule has 4 heteroatoms. The van der Waals surface area contributed by atoms with Crippen molar-refractivity contribution in [1.82, 2.24) is 4.98 Å². The van der Waals surface area contributed by atoms with Gasteiger partial charge in [-0.2, -0.15) is 0 Å². The van der Waals surface area contributed by atoms with E-state index in [1.165, 1.54) is 0 Å². The van der Waals surface area contributed by atoms with Crippen molar-refractivity contribution in [3.05, 3.63) is 41.4 Å². The van der Waals surface area contributed by atoms with Crippen molar-refractivity contribution >= 4 is 17.4 Å². The fourth-order valence-electron chi connectivity index (χ4n) is 1.31. The second-order valence-corrected chi connectivity index (χ2v) is 3.52. The maximum atomic E-state index is 9.33. The van der Waals surface area contributed by atoms with Crippen LogP contribution in [0, 0.1) is 0 Å². The minimum atomic E-state index is 0.174. The number of aromatic nitrogens is 1. The number of phenolic OH excluding ortho intramolecular Hbond substituents is 1. The number of nitrogens with two attached hydrogens (primary N) is 1. The molecule has 0 aliphatic rings. The Labute approximate surface area is 92.1 Å². The van der Waals surface area contributed by atoms with Gasteiger partial charge in [0.2, 0.25) is 0 Å². The van der Waals surface area contributed by atoms with Crippen LogP contribution in [0.4, 0.5) is 5.82 Å². The summed E-state index contributed by atoms with van der Waals surface area (Å²) in [7, 11) is 0. The molecule has 1 aromatic heterocycles. The lowest BCUT2D eigenvalue weighted by Crippen LogP contribution is -1.92. The Hall–Kier alpha value is -1.74. The number of nitrogen functional groups attached to an aromatic ring is 1. The summed E-state index contributed by atoms with van der Waals surface area (Å²) in [6.07, 6.45) is 0. The normalized spacial score (nSPS) is 10.2. The van der Waals surface area contributed by atoms with E-state index in [0.717, 1.165) is 5.56 Å². The quantitative estimate of drug-likeness (QED) is 0.777. The number of hydrogen-bond acceptors (Lipinski definition) is 3. The molecule has 0 radical (unpaired) electrons. The predicted octanol–water partition coefficient (Wildman–Crippen LogP) is 2.69. The second-order valence-electron chi connectivity index (χ2n) is 3.12. The minimum absolute atomic E-state index is 0.174. The Morgan fingerprint density at radius 3 is 2.73 bits per heavy atom. The van der Waals surface area contributed by atoms with Gasteiger partial charge in [-0.3, -0.25) is 0 Å². The highest BCUT2D eigenvalue weighted by Gasteiger charge is 2.06. The van der Waals surface area contributed by atoms with Gasteiger partial charge in [0.25, 0.3) is 0 Å². The maximum Gasteiger partial charge on any atom is 0.124 e. The number of phenols is 1. The summed E-state index contributed by atoms with van der Waals surface area (Å²) in [6.45, 7) is 0. The molecule has 2 aromatic rings. The van der Waals surface area contributed by atoms with Crippen molar-refractivity contribution < 1.29 is 5.11 Å². The van der Waals surface area contributed by atoms with Crippen LogP contribution in [0.3, 0.4) is 0 Å². The van der Waals surface area contributed by atoms with Crippen molar-refractivity contribution in [1.29, 1.82) is 0 Å². The first-order chi connectivity index (χ1) is 7.16. The Balaban J connectivity index is 2.58. The number of anilines is 1. The average Bonchev–Trinajstić information content (AvgIpc) is 2.22. The predicted molar refractivity (Wildman–Crippen MR) is 60.8 cm³/mol. The molecule has 1 heterocycles. The van der Waals surface area contributed by atoms with Gasteiger partial charge in [-0.1, -0.05) is 23.7 Å². The van der Waals surface area contributed by atoms with Gasteiger partial charge in [-0.05, 0) is 24.3 Å². The first-order valence-electron chi connectivity index (χ1n) is 4.38. The summed E-state index contributed by atoms with van der Waals surface area (Å²) in [4.78, 5) is 4.12. The van der Waals surface area contributed by atoms with Crippen LogP contribution in [0.2, 0.25) is 5.02 Å². The van der Waals surface area contributed by atoms with E-state index in [1.807, 2.05) is 6.07 Å². The van der Waals surface area contributed by atoms with Gasteiger partial charge in [0.05, 0.1) is 10.7 Å². The number of pyridine rings is 1. The van der Waals surface area contributed by atoms with Crippen LogP contribution >= 0.6 is 11.6 Å². The van der Waals surface area contributed by atoms with Gasteiger partial charge >= 0.3 is 0 Å². The van der Waals surface area contributed by atoms with Gasteiger partial charge in [-0.15, -0.1) is 0 Å². The minimum Gasteiger partial charge on any atom is -0.508 e. The molecular weight excluding hydrogens is 212 g/mol. The van der Waals surface area contributed by atoms with Crippen LogP contribution < -0.4 is 5.73 Å². The third-order valence-electron chi connectivity index (χ3n) is 1.99. The molecule has 0 aliphatic carbocycles. The van der Waals surface area contributed by atoms with E-state index in [0.29, 0.717) is 16.5 Å². The van der Waals surface area contributed by atoms with Crippen molar-refractivity contribution in [2.75, 3.05) is 5.73 Å². The largest absolute Gasteiger partial charge is 0.508 e. The number of halogens is 1. The topological polar surface area (TPSA) is 59.1 Å². The number of benzene rings is 1. The van der Waals surface area contributed by atoms with E-state index in [2.05, 4.69) is 4.98 Å².